The van der Waals surface area contributed by atoms with Crippen LogP contribution in [-0.4, -0.2) is 23.1 Å². The fourth-order valence-corrected chi connectivity index (χ4v) is 2.03. The van der Waals surface area contributed by atoms with E-state index in [0.29, 0.717) is 24.9 Å². The lowest BCUT2D eigenvalue weighted by atomic mass is 10.1. The number of anilines is 2. The van der Waals surface area contributed by atoms with Gasteiger partial charge in [-0.25, -0.2) is 9.97 Å². The van der Waals surface area contributed by atoms with Gasteiger partial charge in [0.15, 0.2) is 0 Å². The van der Waals surface area contributed by atoms with Gasteiger partial charge in [-0.1, -0.05) is 6.92 Å². The standard InChI is InChI=1S/C13H19F3N4/c1-3-17-10-6-11(18-7-8(2)9-4-5-9)20-12(19-10)13(14,15)16/h6,8-9H,3-5,7H2,1-2H3,(H2,17,18,19,20). The van der Waals surface area contributed by atoms with E-state index in [-0.39, 0.29) is 11.6 Å². The van der Waals surface area contributed by atoms with Crippen molar-refractivity contribution in [1.82, 2.24) is 9.97 Å². The number of rotatable bonds is 6. The van der Waals surface area contributed by atoms with Crippen LogP contribution in [0.25, 0.3) is 0 Å². The monoisotopic (exact) mass is 288 g/mol. The van der Waals surface area contributed by atoms with Crippen molar-refractivity contribution in [2.24, 2.45) is 11.8 Å². The molecule has 0 saturated heterocycles. The number of aromatic nitrogens is 2. The summed E-state index contributed by atoms with van der Waals surface area (Å²) in [6.07, 6.45) is -2.11. The number of nitrogens with zero attached hydrogens (tertiary/aromatic N) is 2. The maximum Gasteiger partial charge on any atom is 0.451 e. The fourth-order valence-electron chi connectivity index (χ4n) is 2.03. The molecule has 0 aliphatic heterocycles. The summed E-state index contributed by atoms with van der Waals surface area (Å²) in [4.78, 5) is 7.03. The zero-order chi connectivity index (χ0) is 14.8. The molecular weight excluding hydrogens is 269 g/mol. The van der Waals surface area contributed by atoms with Gasteiger partial charge < -0.3 is 10.6 Å². The second kappa shape index (κ2) is 5.85. The normalized spacial score (nSPS) is 16.9. The van der Waals surface area contributed by atoms with E-state index in [2.05, 4.69) is 27.5 Å². The van der Waals surface area contributed by atoms with Crippen LogP contribution in [0.5, 0.6) is 0 Å². The summed E-state index contributed by atoms with van der Waals surface area (Å²) in [5.74, 6) is 0.436. The zero-order valence-corrected chi connectivity index (χ0v) is 11.6. The molecule has 1 aliphatic rings. The third-order valence-corrected chi connectivity index (χ3v) is 3.37. The van der Waals surface area contributed by atoms with Gasteiger partial charge in [0.05, 0.1) is 0 Å². The van der Waals surface area contributed by atoms with Gasteiger partial charge in [0, 0.05) is 19.2 Å². The van der Waals surface area contributed by atoms with Gasteiger partial charge in [0.1, 0.15) is 11.6 Å². The van der Waals surface area contributed by atoms with Crippen LogP contribution in [0.15, 0.2) is 6.07 Å². The summed E-state index contributed by atoms with van der Waals surface area (Å²) in [6, 6.07) is 1.51. The minimum atomic E-state index is -4.54. The summed E-state index contributed by atoms with van der Waals surface area (Å²) in [5.41, 5.74) is 0. The minimum absolute atomic E-state index is 0.191. The minimum Gasteiger partial charge on any atom is -0.370 e. The second-order valence-electron chi connectivity index (χ2n) is 5.19. The van der Waals surface area contributed by atoms with E-state index in [4.69, 9.17) is 0 Å². The molecule has 1 heterocycles. The van der Waals surface area contributed by atoms with Crippen molar-refractivity contribution in [1.29, 1.82) is 0 Å². The van der Waals surface area contributed by atoms with E-state index >= 15 is 0 Å². The number of nitrogens with one attached hydrogen (secondary N) is 2. The lowest BCUT2D eigenvalue weighted by Crippen LogP contribution is -2.18. The molecule has 1 aromatic heterocycles. The predicted molar refractivity (Wildman–Crippen MR) is 71.6 cm³/mol. The topological polar surface area (TPSA) is 49.8 Å². The molecule has 0 amide bonds. The van der Waals surface area contributed by atoms with Crippen molar-refractivity contribution in [3.05, 3.63) is 11.9 Å². The van der Waals surface area contributed by atoms with Crippen LogP contribution >= 0.6 is 0 Å². The Bertz CT molecular complexity index is 457. The van der Waals surface area contributed by atoms with E-state index < -0.39 is 12.0 Å². The van der Waals surface area contributed by atoms with Crippen LogP contribution in [0.4, 0.5) is 24.8 Å². The third-order valence-electron chi connectivity index (χ3n) is 3.37. The highest BCUT2D eigenvalue weighted by molar-refractivity contribution is 5.47. The highest BCUT2D eigenvalue weighted by Gasteiger charge is 2.35. The number of halogens is 3. The van der Waals surface area contributed by atoms with Crippen molar-refractivity contribution in [2.75, 3.05) is 23.7 Å². The van der Waals surface area contributed by atoms with Crippen LogP contribution in [0.3, 0.4) is 0 Å². The fraction of sp³-hybridized carbons (Fsp3) is 0.692. The van der Waals surface area contributed by atoms with Gasteiger partial charge in [0.2, 0.25) is 5.82 Å². The van der Waals surface area contributed by atoms with Crippen LogP contribution in [-0.2, 0) is 6.18 Å². The molecule has 0 aromatic carbocycles. The van der Waals surface area contributed by atoms with E-state index in [1.165, 1.54) is 18.9 Å². The molecule has 7 heteroatoms. The molecule has 0 radical (unpaired) electrons. The summed E-state index contributed by atoms with van der Waals surface area (Å²) in [6.45, 7) is 5.04. The Morgan fingerprint density at radius 2 is 1.85 bits per heavy atom. The number of alkyl halides is 3. The Hall–Kier alpha value is -1.53. The average molecular weight is 288 g/mol. The van der Waals surface area contributed by atoms with Crippen LogP contribution < -0.4 is 10.6 Å². The number of hydrogen-bond donors (Lipinski definition) is 2. The SMILES string of the molecule is CCNc1cc(NCC(C)C2CC2)nc(C(F)(F)F)n1. The molecule has 0 spiro atoms. The number of hydrogen-bond acceptors (Lipinski definition) is 4. The smallest absolute Gasteiger partial charge is 0.370 e. The molecule has 2 rings (SSSR count). The molecular formula is C13H19F3N4. The summed E-state index contributed by atoms with van der Waals surface area (Å²) in [7, 11) is 0. The Kier molecular flexibility index (Phi) is 4.35. The van der Waals surface area contributed by atoms with E-state index in [1.54, 1.807) is 6.92 Å². The van der Waals surface area contributed by atoms with E-state index in [0.717, 1.165) is 0 Å². The molecule has 20 heavy (non-hydrogen) atoms. The van der Waals surface area contributed by atoms with Crippen LogP contribution in [0, 0.1) is 11.8 Å². The maximum atomic E-state index is 12.7. The molecule has 1 unspecified atom stereocenters. The highest BCUT2D eigenvalue weighted by Crippen LogP contribution is 2.36. The summed E-state index contributed by atoms with van der Waals surface area (Å²) >= 11 is 0. The van der Waals surface area contributed by atoms with Gasteiger partial charge in [-0.3, -0.25) is 0 Å². The molecule has 1 aliphatic carbocycles. The quantitative estimate of drug-likeness (QED) is 0.842. The maximum absolute atomic E-state index is 12.7. The Labute approximate surface area is 116 Å². The molecule has 1 aromatic rings. The lowest BCUT2D eigenvalue weighted by molar-refractivity contribution is -0.144. The summed E-state index contributed by atoms with van der Waals surface area (Å²) in [5, 5.41) is 5.78. The largest absolute Gasteiger partial charge is 0.451 e. The molecule has 112 valence electrons. The first-order valence-corrected chi connectivity index (χ1v) is 6.84. The van der Waals surface area contributed by atoms with Gasteiger partial charge in [0.25, 0.3) is 0 Å². The van der Waals surface area contributed by atoms with Crippen molar-refractivity contribution >= 4 is 11.6 Å². The lowest BCUT2D eigenvalue weighted by Gasteiger charge is -2.14. The molecule has 2 N–H and O–H groups in total. The third kappa shape index (κ3) is 3.98. The Morgan fingerprint density at radius 1 is 1.25 bits per heavy atom. The average Bonchev–Trinajstić information content (AvgIpc) is 3.19. The Morgan fingerprint density at radius 3 is 2.35 bits per heavy atom. The Balaban J connectivity index is 2.11. The van der Waals surface area contributed by atoms with Crippen molar-refractivity contribution < 1.29 is 13.2 Å². The zero-order valence-electron chi connectivity index (χ0n) is 11.6. The van der Waals surface area contributed by atoms with Crippen LogP contribution in [0.1, 0.15) is 32.5 Å². The molecule has 0 bridgehead atoms. The van der Waals surface area contributed by atoms with Crippen LogP contribution in [0.2, 0.25) is 0 Å². The van der Waals surface area contributed by atoms with Gasteiger partial charge in [-0.05, 0) is 31.6 Å². The van der Waals surface area contributed by atoms with Crippen molar-refractivity contribution in [3.63, 3.8) is 0 Å². The second-order valence-corrected chi connectivity index (χ2v) is 5.19. The van der Waals surface area contributed by atoms with Gasteiger partial charge in [-0.15, -0.1) is 0 Å². The molecule has 1 saturated carbocycles. The van der Waals surface area contributed by atoms with E-state index in [9.17, 15) is 13.2 Å². The van der Waals surface area contributed by atoms with E-state index in [1.807, 2.05) is 0 Å². The summed E-state index contributed by atoms with van der Waals surface area (Å²) < 4.78 is 38.2. The molecule has 1 fully saturated rings. The molecule has 1 atom stereocenters. The van der Waals surface area contributed by atoms with Gasteiger partial charge in [-0.2, -0.15) is 13.2 Å². The molecule has 4 nitrogen and oxygen atoms in total. The predicted octanol–water partition coefficient (Wildman–Crippen LogP) is 3.39. The first kappa shape index (κ1) is 14.9. The highest BCUT2D eigenvalue weighted by atomic mass is 19.4. The first-order chi connectivity index (χ1) is 9.40. The first-order valence-electron chi connectivity index (χ1n) is 6.84. The van der Waals surface area contributed by atoms with Crippen molar-refractivity contribution in [3.8, 4) is 0 Å². The van der Waals surface area contributed by atoms with Crippen molar-refractivity contribution in [2.45, 2.75) is 32.9 Å². The van der Waals surface area contributed by atoms with Gasteiger partial charge >= 0.3 is 6.18 Å².